The van der Waals surface area contributed by atoms with Gasteiger partial charge >= 0.3 is 5.97 Å². The van der Waals surface area contributed by atoms with Gasteiger partial charge in [-0.1, -0.05) is 20.8 Å². The van der Waals surface area contributed by atoms with Crippen LogP contribution in [0.4, 0.5) is 0 Å². The number of carbonyl (C=O) groups is 1. The Morgan fingerprint density at radius 2 is 2.00 bits per heavy atom. The molecule has 1 aromatic rings. The summed E-state index contributed by atoms with van der Waals surface area (Å²) >= 11 is 3.26. The van der Waals surface area contributed by atoms with Crippen molar-refractivity contribution in [2.45, 2.75) is 26.2 Å². The first kappa shape index (κ1) is 11.3. The molecule has 0 aliphatic rings. The summed E-state index contributed by atoms with van der Waals surface area (Å²) in [6.07, 6.45) is 1.78. The largest absolute Gasteiger partial charge is 0.478 e. The van der Waals surface area contributed by atoms with E-state index in [-0.39, 0.29) is 5.41 Å². The highest BCUT2D eigenvalue weighted by Crippen LogP contribution is 2.31. The first-order chi connectivity index (χ1) is 6.25. The second-order valence-electron chi connectivity index (χ2n) is 4.37. The Morgan fingerprint density at radius 1 is 1.50 bits per heavy atom. The van der Waals surface area contributed by atoms with Crippen molar-refractivity contribution in [3.8, 4) is 0 Å². The van der Waals surface area contributed by atoms with Crippen LogP contribution in [0.1, 0.15) is 36.8 Å². The zero-order chi connectivity index (χ0) is 11.1. The molecule has 1 N–H and O–H groups in total. The van der Waals surface area contributed by atoms with Crippen LogP contribution in [0.25, 0.3) is 0 Å². The lowest BCUT2D eigenvalue weighted by atomic mass is 9.89. The molecule has 4 heteroatoms. The number of aromatic carboxylic acids is 1. The van der Waals surface area contributed by atoms with Gasteiger partial charge in [0.25, 0.3) is 0 Å². The number of rotatable bonds is 1. The van der Waals surface area contributed by atoms with Gasteiger partial charge in [0.2, 0.25) is 0 Å². The number of carboxylic acid groups (broad SMARTS) is 1. The lowest BCUT2D eigenvalue weighted by Gasteiger charge is -2.21. The highest BCUT2D eigenvalue weighted by atomic mass is 79.9. The molecule has 0 bridgehead atoms. The van der Waals surface area contributed by atoms with Crippen LogP contribution in [0.3, 0.4) is 0 Å². The molecule has 0 unspecified atom stereocenters. The number of hydrogen-bond donors (Lipinski definition) is 1. The molecule has 0 radical (unpaired) electrons. The molecule has 0 aromatic carbocycles. The van der Waals surface area contributed by atoms with E-state index in [0.717, 1.165) is 5.69 Å². The molecule has 3 nitrogen and oxygen atoms in total. The summed E-state index contributed by atoms with van der Waals surface area (Å²) in [6, 6.07) is 0. The van der Waals surface area contributed by atoms with Crippen molar-refractivity contribution >= 4 is 21.9 Å². The van der Waals surface area contributed by atoms with Crippen molar-refractivity contribution in [3.05, 3.63) is 21.9 Å². The Kier molecular flexibility index (Phi) is 2.76. The van der Waals surface area contributed by atoms with Gasteiger partial charge in [0.05, 0.1) is 10.0 Å². The average Bonchev–Trinajstić information content (AvgIpc) is 2.23. The summed E-state index contributed by atoms with van der Waals surface area (Å²) in [6.45, 7) is 6.00. The van der Waals surface area contributed by atoms with Gasteiger partial charge < -0.3 is 9.67 Å². The van der Waals surface area contributed by atoms with Crippen LogP contribution >= 0.6 is 15.9 Å². The molecule has 0 spiro atoms. The smallest absolute Gasteiger partial charge is 0.338 e. The van der Waals surface area contributed by atoms with Crippen LogP contribution in [-0.4, -0.2) is 15.6 Å². The molecular formula is C10H14BrNO2. The van der Waals surface area contributed by atoms with E-state index in [0.29, 0.717) is 10.0 Å². The number of nitrogens with zero attached hydrogens (tertiary/aromatic N) is 1. The predicted octanol–water partition coefficient (Wildman–Crippen LogP) is 2.78. The fourth-order valence-electron chi connectivity index (χ4n) is 1.70. The molecule has 1 heterocycles. The van der Waals surface area contributed by atoms with Gasteiger partial charge in [0, 0.05) is 24.4 Å². The first-order valence-corrected chi connectivity index (χ1v) is 5.13. The van der Waals surface area contributed by atoms with Crippen molar-refractivity contribution in [1.29, 1.82) is 0 Å². The zero-order valence-corrected chi connectivity index (χ0v) is 10.3. The SMILES string of the molecule is Cn1cc(Br)c(C(=O)O)c1C(C)(C)C. The van der Waals surface area contributed by atoms with Gasteiger partial charge in [-0.15, -0.1) is 0 Å². The van der Waals surface area contributed by atoms with E-state index in [2.05, 4.69) is 15.9 Å². The van der Waals surface area contributed by atoms with Crippen LogP contribution in [0.2, 0.25) is 0 Å². The fraction of sp³-hybridized carbons (Fsp3) is 0.500. The maximum Gasteiger partial charge on any atom is 0.338 e. The second kappa shape index (κ2) is 3.42. The van der Waals surface area contributed by atoms with Crippen LogP contribution in [0, 0.1) is 0 Å². The molecule has 0 aliphatic heterocycles. The summed E-state index contributed by atoms with van der Waals surface area (Å²) in [5.41, 5.74) is 1.02. The summed E-state index contributed by atoms with van der Waals surface area (Å²) in [7, 11) is 1.86. The van der Waals surface area contributed by atoms with E-state index in [4.69, 9.17) is 5.11 Å². The van der Waals surface area contributed by atoms with Gasteiger partial charge in [0.1, 0.15) is 0 Å². The van der Waals surface area contributed by atoms with E-state index >= 15 is 0 Å². The van der Waals surface area contributed by atoms with Gasteiger partial charge in [0.15, 0.2) is 0 Å². The van der Waals surface area contributed by atoms with Crippen molar-refractivity contribution in [2.75, 3.05) is 0 Å². The molecule has 0 aliphatic carbocycles. The normalized spacial score (nSPS) is 11.8. The van der Waals surface area contributed by atoms with Crippen LogP contribution in [0.15, 0.2) is 10.7 Å². The Morgan fingerprint density at radius 3 is 2.29 bits per heavy atom. The third kappa shape index (κ3) is 1.85. The minimum atomic E-state index is -0.887. The molecule has 78 valence electrons. The predicted molar refractivity (Wildman–Crippen MR) is 58.8 cm³/mol. The van der Waals surface area contributed by atoms with Crippen molar-refractivity contribution in [3.63, 3.8) is 0 Å². The summed E-state index contributed by atoms with van der Waals surface area (Å²) in [4.78, 5) is 11.1. The van der Waals surface area contributed by atoms with Crippen LogP contribution < -0.4 is 0 Å². The number of aromatic nitrogens is 1. The van der Waals surface area contributed by atoms with Crippen molar-refractivity contribution in [1.82, 2.24) is 4.57 Å². The quantitative estimate of drug-likeness (QED) is 0.843. The zero-order valence-electron chi connectivity index (χ0n) is 8.76. The second-order valence-corrected chi connectivity index (χ2v) is 5.22. The van der Waals surface area contributed by atoms with E-state index in [1.54, 1.807) is 6.20 Å². The Bertz CT molecular complexity index is 374. The summed E-state index contributed by atoms with van der Waals surface area (Å²) in [5, 5.41) is 9.08. The molecule has 1 aromatic heterocycles. The van der Waals surface area contributed by atoms with Crippen LogP contribution in [-0.2, 0) is 12.5 Å². The molecule has 0 saturated heterocycles. The van der Waals surface area contributed by atoms with Gasteiger partial charge in [-0.3, -0.25) is 0 Å². The van der Waals surface area contributed by atoms with Gasteiger partial charge in [-0.05, 0) is 15.9 Å². The number of aryl methyl sites for hydroxylation is 1. The van der Waals surface area contributed by atoms with E-state index in [9.17, 15) is 4.79 Å². The molecular weight excluding hydrogens is 246 g/mol. The number of halogens is 1. The number of hydrogen-bond acceptors (Lipinski definition) is 1. The molecule has 0 amide bonds. The standard InChI is InChI=1S/C10H14BrNO2/c1-10(2,3)8-7(9(13)14)6(11)5-12(8)4/h5H,1-4H3,(H,13,14). The minimum absolute atomic E-state index is 0.172. The highest BCUT2D eigenvalue weighted by Gasteiger charge is 2.27. The van der Waals surface area contributed by atoms with Crippen molar-refractivity contribution < 1.29 is 9.90 Å². The van der Waals surface area contributed by atoms with E-state index in [1.807, 2.05) is 32.4 Å². The summed E-state index contributed by atoms with van der Waals surface area (Å²) < 4.78 is 2.49. The van der Waals surface area contributed by atoms with E-state index in [1.165, 1.54) is 0 Å². The monoisotopic (exact) mass is 259 g/mol. The minimum Gasteiger partial charge on any atom is -0.478 e. The topological polar surface area (TPSA) is 42.2 Å². The van der Waals surface area contributed by atoms with Crippen molar-refractivity contribution in [2.24, 2.45) is 7.05 Å². The number of carboxylic acids is 1. The van der Waals surface area contributed by atoms with E-state index < -0.39 is 5.97 Å². The Labute approximate surface area is 91.9 Å². The average molecular weight is 260 g/mol. The third-order valence-electron chi connectivity index (χ3n) is 2.06. The summed E-state index contributed by atoms with van der Waals surface area (Å²) in [5.74, 6) is -0.887. The Hall–Kier alpha value is -0.770. The van der Waals surface area contributed by atoms with Gasteiger partial charge in [-0.2, -0.15) is 0 Å². The molecule has 0 atom stereocenters. The van der Waals surface area contributed by atoms with Gasteiger partial charge in [-0.25, -0.2) is 4.79 Å². The Balaban J connectivity index is 3.48. The molecule has 1 rings (SSSR count). The van der Waals surface area contributed by atoms with Crippen LogP contribution in [0.5, 0.6) is 0 Å². The molecule has 0 fully saturated rings. The maximum atomic E-state index is 11.1. The lowest BCUT2D eigenvalue weighted by molar-refractivity contribution is 0.0693. The lowest BCUT2D eigenvalue weighted by Crippen LogP contribution is -2.19. The third-order valence-corrected chi connectivity index (χ3v) is 2.66. The highest BCUT2D eigenvalue weighted by molar-refractivity contribution is 9.10. The fourth-order valence-corrected chi connectivity index (χ4v) is 2.36. The first-order valence-electron chi connectivity index (χ1n) is 4.33. The maximum absolute atomic E-state index is 11.1. The molecule has 14 heavy (non-hydrogen) atoms. The molecule has 0 saturated carbocycles.